The number of fused-ring (bicyclic) bond motifs is 5. The summed E-state index contributed by atoms with van der Waals surface area (Å²) in [5.74, 6) is -5.60. The van der Waals surface area contributed by atoms with Gasteiger partial charge in [-0.1, -0.05) is 39.0 Å². The predicted octanol–water partition coefficient (Wildman–Crippen LogP) is 3.65. The van der Waals surface area contributed by atoms with Crippen LogP contribution in [0.4, 0.5) is 5.69 Å². The summed E-state index contributed by atoms with van der Waals surface area (Å²) in [7, 11) is 1.71. The lowest BCUT2D eigenvalue weighted by atomic mass is 9.46. The van der Waals surface area contributed by atoms with E-state index in [1.165, 1.54) is 6.92 Å². The molecule has 0 amide bonds. The van der Waals surface area contributed by atoms with Gasteiger partial charge in [-0.25, -0.2) is 4.79 Å². The number of benzene rings is 1. The number of Topliss-reactive ketones (excluding diaryl/α,β-unsaturated/α-hetero) is 1. The van der Waals surface area contributed by atoms with E-state index in [0.29, 0.717) is 23.2 Å². The Bertz CT molecular complexity index is 1470. The number of carbonyl (C=O) groups excluding carboxylic acids is 3. The van der Waals surface area contributed by atoms with Crippen molar-refractivity contribution < 1.29 is 43.5 Å². The molecule has 3 N–H and O–H groups in total. The van der Waals surface area contributed by atoms with Crippen LogP contribution in [-0.4, -0.2) is 76.4 Å². The Labute approximate surface area is 258 Å². The molecule has 4 fully saturated rings. The lowest BCUT2D eigenvalue weighted by Crippen LogP contribution is -2.76. The monoisotopic (exact) mass is 611 g/mol. The second kappa shape index (κ2) is 9.37. The number of hydrogen-bond donors (Lipinski definition) is 3. The van der Waals surface area contributed by atoms with E-state index in [2.05, 4.69) is 5.32 Å². The standard InChI is InChI=1S/C34H45NO9/c1-17-14-23-33(39)18(2)26(42-19(3)36)31(8,43-27(38)20-12-10-11-13-22(20)35-9)29(4,5)24(33)21-15-32(21)16-41-30(6,7)44-28(32)34(23,40)25(17)37/h10-14,18,21,23-24,26,28,35,39-40H,15-16H2,1-9H3/t18-,21+,23+,24+,26-,28-,31-,32-,33+,34-/m1/s1. The van der Waals surface area contributed by atoms with Crippen LogP contribution in [0.2, 0.25) is 0 Å². The average molecular weight is 612 g/mol. The molecule has 1 spiro atoms. The molecular weight excluding hydrogens is 566 g/mol. The Morgan fingerprint density at radius 1 is 1.09 bits per heavy atom. The number of aliphatic hydroxyl groups is 2. The highest BCUT2D eigenvalue weighted by Gasteiger charge is 2.85. The Morgan fingerprint density at radius 3 is 2.39 bits per heavy atom. The van der Waals surface area contributed by atoms with Crippen LogP contribution in [0.1, 0.15) is 72.2 Å². The van der Waals surface area contributed by atoms with Crippen molar-refractivity contribution in [1.82, 2.24) is 0 Å². The fourth-order valence-electron chi connectivity index (χ4n) is 9.56. The van der Waals surface area contributed by atoms with E-state index in [9.17, 15) is 24.6 Å². The molecule has 1 aliphatic heterocycles. The Morgan fingerprint density at radius 2 is 1.75 bits per heavy atom. The van der Waals surface area contributed by atoms with Gasteiger partial charge in [-0.05, 0) is 57.7 Å². The van der Waals surface area contributed by atoms with E-state index in [0.717, 1.165) is 0 Å². The number of para-hydroxylation sites is 1. The molecule has 1 aromatic carbocycles. The zero-order chi connectivity index (χ0) is 32.4. The predicted molar refractivity (Wildman–Crippen MR) is 159 cm³/mol. The fraction of sp³-hybridized carbons (Fsp3) is 0.676. The van der Waals surface area contributed by atoms with Crippen LogP contribution in [0.3, 0.4) is 0 Å². The van der Waals surface area contributed by atoms with E-state index in [1.807, 2.05) is 19.9 Å². The van der Waals surface area contributed by atoms with Gasteiger partial charge in [0.2, 0.25) is 0 Å². The van der Waals surface area contributed by atoms with Gasteiger partial charge < -0.3 is 34.5 Å². The normalized spacial score (nSPS) is 44.5. The summed E-state index contributed by atoms with van der Waals surface area (Å²) < 4.78 is 25.1. The van der Waals surface area contributed by atoms with Crippen molar-refractivity contribution in [2.75, 3.05) is 19.0 Å². The van der Waals surface area contributed by atoms with Gasteiger partial charge in [0.05, 0.1) is 17.8 Å². The summed E-state index contributed by atoms with van der Waals surface area (Å²) in [4.78, 5) is 40.6. The minimum atomic E-state index is -2.08. The number of ether oxygens (including phenoxy) is 4. The third-order valence-electron chi connectivity index (χ3n) is 12.0. The summed E-state index contributed by atoms with van der Waals surface area (Å²) in [6.45, 7) is 14.0. The number of esters is 2. The molecule has 44 heavy (non-hydrogen) atoms. The van der Waals surface area contributed by atoms with Crippen molar-refractivity contribution in [1.29, 1.82) is 0 Å². The highest BCUT2D eigenvalue weighted by Crippen LogP contribution is 2.77. The summed E-state index contributed by atoms with van der Waals surface area (Å²) >= 11 is 0. The van der Waals surface area contributed by atoms with Gasteiger partial charge in [0.25, 0.3) is 0 Å². The molecule has 0 bridgehead atoms. The highest BCUT2D eigenvalue weighted by molar-refractivity contribution is 6.05. The molecule has 0 aromatic heterocycles. The van der Waals surface area contributed by atoms with E-state index >= 15 is 0 Å². The summed E-state index contributed by atoms with van der Waals surface area (Å²) in [6, 6.07) is 6.98. The molecule has 0 unspecified atom stereocenters. The summed E-state index contributed by atoms with van der Waals surface area (Å²) in [5.41, 5.74) is -5.86. The van der Waals surface area contributed by atoms with Gasteiger partial charge in [-0.2, -0.15) is 0 Å². The molecule has 1 aromatic rings. The van der Waals surface area contributed by atoms with Crippen molar-refractivity contribution in [3.8, 4) is 0 Å². The van der Waals surface area contributed by atoms with Gasteiger partial charge >= 0.3 is 11.9 Å². The van der Waals surface area contributed by atoms with E-state index in [-0.39, 0.29) is 12.5 Å². The van der Waals surface area contributed by atoms with Gasteiger partial charge in [0.1, 0.15) is 12.2 Å². The lowest BCUT2D eigenvalue weighted by Gasteiger charge is -2.64. The minimum absolute atomic E-state index is 0.229. The maximum Gasteiger partial charge on any atom is 0.340 e. The van der Waals surface area contributed by atoms with Crippen LogP contribution in [-0.2, 0) is 28.5 Å². The van der Waals surface area contributed by atoms with Gasteiger partial charge in [0, 0.05) is 48.2 Å². The molecule has 4 aliphatic carbocycles. The molecule has 3 saturated carbocycles. The molecule has 10 atom stereocenters. The van der Waals surface area contributed by atoms with Crippen LogP contribution < -0.4 is 5.32 Å². The highest BCUT2D eigenvalue weighted by atomic mass is 16.7. The Hall–Kier alpha value is -2.79. The van der Waals surface area contributed by atoms with Crippen LogP contribution in [0.5, 0.6) is 0 Å². The Kier molecular flexibility index (Phi) is 6.65. The number of hydrogen-bond acceptors (Lipinski definition) is 10. The molecule has 6 rings (SSSR count). The van der Waals surface area contributed by atoms with Crippen molar-refractivity contribution >= 4 is 23.4 Å². The average Bonchev–Trinajstić information content (AvgIpc) is 3.60. The minimum Gasteiger partial charge on any atom is -0.458 e. The first-order valence-electron chi connectivity index (χ1n) is 15.5. The number of carbonyl (C=O) groups is 3. The fourth-order valence-corrected chi connectivity index (χ4v) is 9.56. The maximum absolute atomic E-state index is 14.0. The van der Waals surface area contributed by atoms with E-state index < -0.39 is 81.1 Å². The summed E-state index contributed by atoms with van der Waals surface area (Å²) in [6.07, 6.45) is 0.118. The van der Waals surface area contributed by atoms with E-state index in [4.69, 9.17) is 18.9 Å². The van der Waals surface area contributed by atoms with Crippen molar-refractivity contribution in [3.63, 3.8) is 0 Å². The second-order valence-electron chi connectivity index (χ2n) is 14.9. The zero-order valence-electron chi connectivity index (χ0n) is 27.0. The molecule has 5 aliphatic rings. The first-order chi connectivity index (χ1) is 20.3. The largest absolute Gasteiger partial charge is 0.458 e. The molecule has 10 heteroatoms. The number of nitrogens with one attached hydrogen (secondary N) is 1. The first-order valence-corrected chi connectivity index (χ1v) is 15.5. The van der Waals surface area contributed by atoms with Crippen molar-refractivity contribution in [2.45, 2.75) is 96.6 Å². The van der Waals surface area contributed by atoms with Crippen LogP contribution in [0, 0.1) is 34.5 Å². The molecule has 0 radical (unpaired) electrons. The molecular formula is C34H45NO9. The second-order valence-corrected chi connectivity index (χ2v) is 14.9. The van der Waals surface area contributed by atoms with Crippen LogP contribution in [0.25, 0.3) is 0 Å². The van der Waals surface area contributed by atoms with Gasteiger partial charge in [0.15, 0.2) is 22.8 Å². The van der Waals surface area contributed by atoms with E-state index in [1.54, 1.807) is 65.9 Å². The molecule has 10 nitrogen and oxygen atoms in total. The first kappa shape index (κ1) is 31.2. The van der Waals surface area contributed by atoms with Crippen LogP contribution >= 0.6 is 0 Å². The van der Waals surface area contributed by atoms with Gasteiger partial charge in [-0.15, -0.1) is 0 Å². The van der Waals surface area contributed by atoms with Crippen molar-refractivity contribution in [3.05, 3.63) is 41.5 Å². The smallest absolute Gasteiger partial charge is 0.340 e. The van der Waals surface area contributed by atoms with Gasteiger partial charge in [-0.3, -0.25) is 9.59 Å². The topological polar surface area (TPSA) is 141 Å². The summed E-state index contributed by atoms with van der Waals surface area (Å²) in [5, 5.41) is 28.9. The van der Waals surface area contributed by atoms with Crippen molar-refractivity contribution in [2.24, 2.45) is 34.5 Å². The number of anilines is 1. The third-order valence-corrected chi connectivity index (χ3v) is 12.0. The molecule has 1 saturated heterocycles. The SMILES string of the molecule is CNc1ccccc1C(=O)O[C@]1(C)[C@H](OC(C)=O)[C@@H](C)[C@]2(O)[C@@H]3C=C(C)C(=O)[C@@]3(O)[C@@H]3OC(C)(C)OC[C@@]34C[C@H]4[C@H]2C1(C)C. The van der Waals surface area contributed by atoms with Crippen LogP contribution in [0.15, 0.2) is 35.9 Å². The zero-order valence-corrected chi connectivity index (χ0v) is 27.0. The lowest BCUT2D eigenvalue weighted by molar-refractivity contribution is -0.332. The molecule has 240 valence electrons. The quantitative estimate of drug-likeness (QED) is 0.432. The Balaban J connectivity index is 1.56. The third kappa shape index (κ3) is 3.77. The number of ketones is 1. The molecule has 1 heterocycles. The number of rotatable bonds is 4. The maximum atomic E-state index is 14.0.